The van der Waals surface area contributed by atoms with Crippen LogP contribution >= 0.6 is 23.2 Å². The molecule has 0 unspecified atom stereocenters. The summed E-state index contributed by atoms with van der Waals surface area (Å²) in [6, 6.07) is 22.5. The molecule has 0 heterocycles. The molecule has 2 N–H and O–H groups in total. The van der Waals surface area contributed by atoms with Crippen LogP contribution in [0.25, 0.3) is 0 Å². The number of rotatable bonds is 6. The average Bonchev–Trinajstić information content (AvgIpc) is 2.64. The molecule has 0 aliphatic carbocycles. The van der Waals surface area contributed by atoms with E-state index in [0.717, 1.165) is 28.4 Å². The minimum atomic E-state index is -0.220. The molecule has 0 saturated heterocycles. The van der Waals surface area contributed by atoms with Crippen molar-refractivity contribution in [2.24, 2.45) is 0 Å². The van der Waals surface area contributed by atoms with Crippen LogP contribution in [-0.4, -0.2) is 5.91 Å². The lowest BCUT2D eigenvalue weighted by molar-refractivity contribution is 0.102. The molecule has 3 nitrogen and oxygen atoms in total. The Morgan fingerprint density at radius 1 is 0.808 bits per heavy atom. The molecular formula is C21H18Cl2N2O. The first-order valence-electron chi connectivity index (χ1n) is 8.22. The number of carbonyl (C=O) groups excluding carboxylic acids is 1. The third kappa shape index (κ3) is 5.09. The van der Waals surface area contributed by atoms with Crippen LogP contribution in [0, 0.1) is 0 Å². The first-order valence-corrected chi connectivity index (χ1v) is 8.97. The van der Waals surface area contributed by atoms with Gasteiger partial charge in [0.15, 0.2) is 0 Å². The lowest BCUT2D eigenvalue weighted by atomic mass is 10.1. The minimum absolute atomic E-state index is 0.220. The highest BCUT2D eigenvalue weighted by molar-refractivity contribution is 6.34. The predicted octanol–water partition coefficient (Wildman–Crippen LogP) is 5.54. The molecule has 0 saturated carbocycles. The van der Waals surface area contributed by atoms with Gasteiger partial charge in [-0.25, -0.2) is 0 Å². The smallest absolute Gasteiger partial charge is 0.257 e. The lowest BCUT2D eigenvalue weighted by Crippen LogP contribution is -2.14. The summed E-state index contributed by atoms with van der Waals surface area (Å²) in [5, 5.41) is 7.44. The van der Waals surface area contributed by atoms with Gasteiger partial charge in [-0.05, 0) is 47.5 Å². The van der Waals surface area contributed by atoms with Gasteiger partial charge >= 0.3 is 0 Å². The summed E-state index contributed by atoms with van der Waals surface area (Å²) < 4.78 is 0. The van der Waals surface area contributed by atoms with Gasteiger partial charge in [-0.15, -0.1) is 0 Å². The van der Waals surface area contributed by atoms with Gasteiger partial charge in [0.25, 0.3) is 5.91 Å². The highest BCUT2D eigenvalue weighted by Crippen LogP contribution is 2.18. The highest BCUT2D eigenvalue weighted by atomic mass is 35.5. The number of hydrogen-bond acceptors (Lipinski definition) is 2. The fourth-order valence-corrected chi connectivity index (χ4v) is 2.90. The minimum Gasteiger partial charge on any atom is -0.322 e. The number of benzene rings is 3. The Kier molecular flexibility index (Phi) is 6.29. The molecule has 1 amide bonds. The molecule has 3 rings (SSSR count). The van der Waals surface area contributed by atoms with Crippen LogP contribution < -0.4 is 10.6 Å². The molecule has 0 aromatic heterocycles. The number of anilines is 1. The van der Waals surface area contributed by atoms with Gasteiger partial charge in [-0.2, -0.15) is 0 Å². The molecule has 0 radical (unpaired) electrons. The summed E-state index contributed by atoms with van der Waals surface area (Å²) in [6.07, 6.45) is 0. The maximum absolute atomic E-state index is 12.4. The van der Waals surface area contributed by atoms with Gasteiger partial charge in [-0.3, -0.25) is 4.79 Å². The van der Waals surface area contributed by atoms with Crippen molar-refractivity contribution in [1.29, 1.82) is 0 Å². The van der Waals surface area contributed by atoms with Gasteiger partial charge in [-0.1, -0.05) is 59.6 Å². The van der Waals surface area contributed by atoms with Crippen LogP contribution in [0.1, 0.15) is 21.5 Å². The van der Waals surface area contributed by atoms with Gasteiger partial charge in [0.2, 0.25) is 0 Å². The quantitative estimate of drug-likeness (QED) is 0.585. The number of halogens is 2. The number of carbonyl (C=O) groups is 1. The van der Waals surface area contributed by atoms with Crippen molar-refractivity contribution >= 4 is 34.8 Å². The van der Waals surface area contributed by atoms with Gasteiger partial charge in [0.1, 0.15) is 0 Å². The van der Waals surface area contributed by atoms with Crippen molar-refractivity contribution in [1.82, 2.24) is 5.32 Å². The molecule has 3 aromatic carbocycles. The topological polar surface area (TPSA) is 41.1 Å². The summed E-state index contributed by atoms with van der Waals surface area (Å²) in [5.74, 6) is -0.220. The zero-order valence-electron chi connectivity index (χ0n) is 14.0. The van der Waals surface area contributed by atoms with E-state index in [2.05, 4.69) is 10.6 Å². The Labute approximate surface area is 163 Å². The summed E-state index contributed by atoms with van der Waals surface area (Å²) in [7, 11) is 0. The molecule has 0 bridgehead atoms. The lowest BCUT2D eigenvalue weighted by Gasteiger charge is -2.09. The SMILES string of the molecule is O=C(Nc1cccc(CNCc2ccc(Cl)cc2)c1)c1ccccc1Cl. The largest absolute Gasteiger partial charge is 0.322 e. The standard InChI is InChI=1S/C21H18Cl2N2O/c22-17-10-8-15(9-11-17)13-24-14-16-4-3-5-18(12-16)25-21(26)19-6-1-2-7-20(19)23/h1-12,24H,13-14H2,(H,25,26). The Morgan fingerprint density at radius 3 is 2.31 bits per heavy atom. The summed E-state index contributed by atoms with van der Waals surface area (Å²) in [6.45, 7) is 1.44. The molecule has 0 aliphatic rings. The highest BCUT2D eigenvalue weighted by Gasteiger charge is 2.09. The van der Waals surface area contributed by atoms with Crippen molar-refractivity contribution in [3.05, 3.63) is 99.5 Å². The maximum atomic E-state index is 12.4. The third-order valence-electron chi connectivity index (χ3n) is 3.87. The van der Waals surface area contributed by atoms with Gasteiger partial charge < -0.3 is 10.6 Å². The van der Waals surface area contributed by atoms with Crippen LogP contribution in [-0.2, 0) is 13.1 Å². The van der Waals surface area contributed by atoms with E-state index in [1.165, 1.54) is 0 Å². The molecule has 3 aromatic rings. The van der Waals surface area contributed by atoms with Crippen LogP contribution in [0.5, 0.6) is 0 Å². The van der Waals surface area contributed by atoms with E-state index in [4.69, 9.17) is 23.2 Å². The number of nitrogens with one attached hydrogen (secondary N) is 2. The molecule has 0 aliphatic heterocycles. The Morgan fingerprint density at radius 2 is 1.54 bits per heavy atom. The second kappa shape index (κ2) is 8.86. The van der Waals surface area contributed by atoms with Gasteiger partial charge in [0, 0.05) is 23.8 Å². The van der Waals surface area contributed by atoms with E-state index in [9.17, 15) is 4.79 Å². The summed E-state index contributed by atoms with van der Waals surface area (Å²) in [5.41, 5.74) is 3.44. The van der Waals surface area contributed by atoms with E-state index in [0.29, 0.717) is 17.1 Å². The molecule has 26 heavy (non-hydrogen) atoms. The van der Waals surface area contributed by atoms with E-state index in [1.807, 2.05) is 48.5 Å². The van der Waals surface area contributed by atoms with Crippen LogP contribution in [0.4, 0.5) is 5.69 Å². The van der Waals surface area contributed by atoms with Crippen LogP contribution in [0.3, 0.4) is 0 Å². The first-order chi connectivity index (χ1) is 12.6. The summed E-state index contributed by atoms with van der Waals surface area (Å²) >= 11 is 12.0. The monoisotopic (exact) mass is 384 g/mol. The van der Waals surface area contributed by atoms with Crippen LogP contribution in [0.15, 0.2) is 72.8 Å². The normalized spacial score (nSPS) is 10.5. The molecule has 5 heteroatoms. The van der Waals surface area contributed by atoms with Crippen molar-refractivity contribution in [2.75, 3.05) is 5.32 Å². The second-order valence-electron chi connectivity index (χ2n) is 5.86. The molecule has 0 spiro atoms. The molecule has 0 atom stereocenters. The second-order valence-corrected chi connectivity index (χ2v) is 6.71. The average molecular weight is 385 g/mol. The van der Waals surface area contributed by atoms with E-state index in [1.54, 1.807) is 24.3 Å². The fourth-order valence-electron chi connectivity index (χ4n) is 2.56. The Bertz CT molecular complexity index is 895. The molecule has 132 valence electrons. The van der Waals surface area contributed by atoms with Crippen molar-refractivity contribution in [2.45, 2.75) is 13.1 Å². The van der Waals surface area contributed by atoms with Gasteiger partial charge in [0.05, 0.1) is 10.6 Å². The Hall–Kier alpha value is -2.33. The zero-order valence-corrected chi connectivity index (χ0v) is 15.5. The molecule has 0 fully saturated rings. The van der Waals surface area contributed by atoms with E-state index in [-0.39, 0.29) is 5.91 Å². The Balaban J connectivity index is 1.58. The first kappa shape index (κ1) is 18.5. The summed E-state index contributed by atoms with van der Waals surface area (Å²) in [4.78, 5) is 12.4. The maximum Gasteiger partial charge on any atom is 0.257 e. The number of hydrogen-bond donors (Lipinski definition) is 2. The fraction of sp³-hybridized carbons (Fsp3) is 0.0952. The van der Waals surface area contributed by atoms with Crippen molar-refractivity contribution in [3.8, 4) is 0 Å². The molecular weight excluding hydrogens is 367 g/mol. The van der Waals surface area contributed by atoms with Crippen molar-refractivity contribution < 1.29 is 4.79 Å². The van der Waals surface area contributed by atoms with E-state index >= 15 is 0 Å². The zero-order chi connectivity index (χ0) is 18.4. The van der Waals surface area contributed by atoms with Crippen LogP contribution in [0.2, 0.25) is 10.0 Å². The predicted molar refractivity (Wildman–Crippen MR) is 108 cm³/mol. The number of amides is 1. The van der Waals surface area contributed by atoms with E-state index < -0.39 is 0 Å². The van der Waals surface area contributed by atoms with Crippen molar-refractivity contribution in [3.63, 3.8) is 0 Å². The third-order valence-corrected chi connectivity index (χ3v) is 4.46.